The quantitative estimate of drug-likeness (QED) is 0.695. The van der Waals surface area contributed by atoms with Gasteiger partial charge >= 0.3 is 0 Å². The maximum absolute atomic E-state index is 4.63. The number of hydrogen-bond donors (Lipinski definition) is 0. The van der Waals surface area contributed by atoms with Crippen LogP contribution in [0.2, 0.25) is 0 Å². The largest absolute Gasteiger partial charge is 0.253 e. The van der Waals surface area contributed by atoms with Crippen LogP contribution in [0.25, 0.3) is 11.3 Å². The highest BCUT2D eigenvalue weighted by atomic mass is 14.7. The molecular weight excluding hydrogens is 194 g/mol. The van der Waals surface area contributed by atoms with E-state index in [-0.39, 0.29) is 0 Å². The molecule has 0 saturated carbocycles. The predicted octanol–water partition coefficient (Wildman–Crippen LogP) is 3.98. The summed E-state index contributed by atoms with van der Waals surface area (Å²) in [6.45, 7) is 8.44. The molecule has 0 amide bonds. The maximum Gasteiger partial charge on any atom is 0.0713 e. The minimum Gasteiger partial charge on any atom is -0.253 e. The van der Waals surface area contributed by atoms with Crippen LogP contribution >= 0.6 is 0 Å². The van der Waals surface area contributed by atoms with E-state index < -0.39 is 0 Å². The Labute approximate surface area is 97.2 Å². The summed E-state index contributed by atoms with van der Waals surface area (Å²) in [4.78, 5) is 4.63. The van der Waals surface area contributed by atoms with Gasteiger partial charge in [-0.05, 0) is 56.5 Å². The lowest BCUT2D eigenvalue weighted by atomic mass is 9.98. The van der Waals surface area contributed by atoms with E-state index in [0.717, 1.165) is 11.4 Å². The second kappa shape index (κ2) is 4.09. The molecule has 1 aromatic carbocycles. The Hall–Kier alpha value is -1.63. The molecule has 2 rings (SSSR count). The Kier molecular flexibility index (Phi) is 2.78. The third-order valence-electron chi connectivity index (χ3n) is 2.84. The summed E-state index contributed by atoms with van der Waals surface area (Å²) < 4.78 is 0. The molecule has 0 aliphatic rings. The summed E-state index contributed by atoms with van der Waals surface area (Å²) in [6.07, 6.45) is 0. The zero-order chi connectivity index (χ0) is 11.7. The summed E-state index contributed by atoms with van der Waals surface area (Å²) in [6, 6.07) is 10.6. The SMILES string of the molecule is Cc1cc(C)nc(-c2c(C)cccc2C)c1. The molecule has 0 atom stereocenters. The molecule has 0 radical (unpaired) electrons. The van der Waals surface area contributed by atoms with Crippen LogP contribution in [0.15, 0.2) is 30.3 Å². The molecule has 0 aliphatic carbocycles. The first-order valence-corrected chi connectivity index (χ1v) is 5.60. The fourth-order valence-electron chi connectivity index (χ4n) is 2.19. The third-order valence-corrected chi connectivity index (χ3v) is 2.84. The van der Waals surface area contributed by atoms with E-state index >= 15 is 0 Å². The molecule has 2 aromatic rings. The number of rotatable bonds is 1. The van der Waals surface area contributed by atoms with E-state index in [4.69, 9.17) is 0 Å². The van der Waals surface area contributed by atoms with E-state index in [1.807, 2.05) is 6.92 Å². The fourth-order valence-corrected chi connectivity index (χ4v) is 2.19. The van der Waals surface area contributed by atoms with Crippen molar-refractivity contribution in [2.45, 2.75) is 27.7 Å². The predicted molar refractivity (Wildman–Crippen MR) is 68.6 cm³/mol. The van der Waals surface area contributed by atoms with E-state index in [2.05, 4.69) is 56.1 Å². The summed E-state index contributed by atoms with van der Waals surface area (Å²) in [5.41, 5.74) is 7.29. The van der Waals surface area contributed by atoms with Crippen LogP contribution in [-0.4, -0.2) is 4.98 Å². The second-order valence-electron chi connectivity index (χ2n) is 4.44. The van der Waals surface area contributed by atoms with E-state index in [0.29, 0.717) is 0 Å². The molecule has 0 unspecified atom stereocenters. The van der Waals surface area contributed by atoms with Crippen molar-refractivity contribution in [3.63, 3.8) is 0 Å². The Morgan fingerprint density at radius 2 is 1.50 bits per heavy atom. The molecule has 0 fully saturated rings. The first-order chi connectivity index (χ1) is 7.58. The van der Waals surface area contributed by atoms with Gasteiger partial charge in [-0.1, -0.05) is 18.2 Å². The summed E-state index contributed by atoms with van der Waals surface area (Å²) in [7, 11) is 0. The molecule has 16 heavy (non-hydrogen) atoms. The van der Waals surface area contributed by atoms with Gasteiger partial charge in [0.1, 0.15) is 0 Å². The number of aryl methyl sites for hydroxylation is 4. The zero-order valence-electron chi connectivity index (χ0n) is 10.3. The first kappa shape index (κ1) is 10.9. The first-order valence-electron chi connectivity index (χ1n) is 5.60. The lowest BCUT2D eigenvalue weighted by Gasteiger charge is -2.10. The highest BCUT2D eigenvalue weighted by Gasteiger charge is 2.07. The summed E-state index contributed by atoms with van der Waals surface area (Å²) in [5.74, 6) is 0. The van der Waals surface area contributed by atoms with Gasteiger partial charge in [-0.2, -0.15) is 0 Å². The average Bonchev–Trinajstić information content (AvgIpc) is 2.15. The van der Waals surface area contributed by atoms with Gasteiger partial charge in [0.05, 0.1) is 5.69 Å². The van der Waals surface area contributed by atoms with Gasteiger partial charge in [0.15, 0.2) is 0 Å². The highest BCUT2D eigenvalue weighted by Crippen LogP contribution is 2.26. The minimum atomic E-state index is 1.08. The number of nitrogens with zero attached hydrogens (tertiary/aromatic N) is 1. The van der Waals surface area contributed by atoms with Crippen molar-refractivity contribution in [1.29, 1.82) is 0 Å². The number of aromatic nitrogens is 1. The van der Waals surface area contributed by atoms with Crippen LogP contribution in [0, 0.1) is 27.7 Å². The van der Waals surface area contributed by atoms with E-state index in [1.165, 1.54) is 22.3 Å². The van der Waals surface area contributed by atoms with Crippen LogP contribution in [0.3, 0.4) is 0 Å². The molecule has 0 spiro atoms. The third kappa shape index (κ3) is 1.99. The van der Waals surface area contributed by atoms with Gasteiger partial charge in [0.2, 0.25) is 0 Å². The lowest BCUT2D eigenvalue weighted by molar-refractivity contribution is 1.17. The molecule has 0 saturated heterocycles. The van der Waals surface area contributed by atoms with Crippen molar-refractivity contribution in [3.8, 4) is 11.3 Å². The van der Waals surface area contributed by atoms with Gasteiger partial charge < -0.3 is 0 Å². The fraction of sp³-hybridized carbons (Fsp3) is 0.267. The van der Waals surface area contributed by atoms with Crippen LogP contribution in [-0.2, 0) is 0 Å². The molecule has 1 heteroatoms. The minimum absolute atomic E-state index is 1.08. The van der Waals surface area contributed by atoms with Gasteiger partial charge in [0, 0.05) is 11.3 Å². The average molecular weight is 211 g/mol. The van der Waals surface area contributed by atoms with Crippen molar-refractivity contribution in [3.05, 3.63) is 52.7 Å². The van der Waals surface area contributed by atoms with Crippen LogP contribution < -0.4 is 0 Å². The highest BCUT2D eigenvalue weighted by molar-refractivity contribution is 5.68. The standard InChI is InChI=1S/C15H17N/c1-10-8-13(4)16-14(9-10)15-11(2)6-5-7-12(15)3/h5-9H,1-4H3. The van der Waals surface area contributed by atoms with Crippen molar-refractivity contribution in [2.75, 3.05) is 0 Å². The second-order valence-corrected chi connectivity index (χ2v) is 4.44. The van der Waals surface area contributed by atoms with Crippen molar-refractivity contribution in [2.24, 2.45) is 0 Å². The molecule has 1 aromatic heterocycles. The van der Waals surface area contributed by atoms with Crippen LogP contribution in [0.1, 0.15) is 22.4 Å². The smallest absolute Gasteiger partial charge is 0.0713 e. The molecule has 1 nitrogen and oxygen atoms in total. The Morgan fingerprint density at radius 1 is 0.875 bits per heavy atom. The van der Waals surface area contributed by atoms with Gasteiger partial charge in [-0.25, -0.2) is 0 Å². The van der Waals surface area contributed by atoms with E-state index in [1.54, 1.807) is 0 Å². The van der Waals surface area contributed by atoms with Crippen LogP contribution in [0.5, 0.6) is 0 Å². The van der Waals surface area contributed by atoms with Gasteiger partial charge in [-0.3, -0.25) is 4.98 Å². The Morgan fingerprint density at radius 3 is 2.06 bits per heavy atom. The number of hydrogen-bond acceptors (Lipinski definition) is 1. The zero-order valence-corrected chi connectivity index (χ0v) is 10.3. The Bertz CT molecular complexity index is 486. The molecule has 1 heterocycles. The molecular formula is C15H17N. The lowest BCUT2D eigenvalue weighted by Crippen LogP contribution is -1.93. The van der Waals surface area contributed by atoms with Crippen molar-refractivity contribution in [1.82, 2.24) is 4.98 Å². The van der Waals surface area contributed by atoms with Gasteiger partial charge in [-0.15, -0.1) is 0 Å². The van der Waals surface area contributed by atoms with E-state index in [9.17, 15) is 0 Å². The van der Waals surface area contributed by atoms with Crippen molar-refractivity contribution >= 4 is 0 Å². The Balaban J connectivity index is 2.67. The summed E-state index contributed by atoms with van der Waals surface area (Å²) >= 11 is 0. The maximum atomic E-state index is 4.63. The molecule has 0 aliphatic heterocycles. The van der Waals surface area contributed by atoms with Crippen LogP contribution in [0.4, 0.5) is 0 Å². The normalized spacial score (nSPS) is 10.5. The number of pyridine rings is 1. The monoisotopic (exact) mass is 211 g/mol. The number of benzene rings is 1. The summed E-state index contributed by atoms with van der Waals surface area (Å²) in [5, 5.41) is 0. The molecule has 82 valence electrons. The topological polar surface area (TPSA) is 12.9 Å². The van der Waals surface area contributed by atoms with Crippen molar-refractivity contribution < 1.29 is 0 Å². The van der Waals surface area contributed by atoms with Gasteiger partial charge in [0.25, 0.3) is 0 Å². The molecule has 0 bridgehead atoms. The molecule has 0 N–H and O–H groups in total.